The van der Waals surface area contributed by atoms with E-state index in [2.05, 4.69) is 17.0 Å². The normalized spacial score (nSPS) is 8.17. The van der Waals surface area contributed by atoms with Gasteiger partial charge in [0.2, 0.25) is 5.91 Å². The number of hydrogen-bond acceptors (Lipinski definition) is 4. The van der Waals surface area contributed by atoms with Crippen molar-refractivity contribution in [2.45, 2.75) is 0 Å². The lowest BCUT2D eigenvalue weighted by atomic mass is 10.6. The van der Waals surface area contributed by atoms with Gasteiger partial charge in [0.05, 0.1) is 26.4 Å². The Bertz CT molecular complexity index is 112. The number of carbonyl (C=O) groups is 1. The van der Waals surface area contributed by atoms with E-state index in [1.807, 2.05) is 0 Å². The van der Waals surface area contributed by atoms with Crippen LogP contribution in [0.4, 0.5) is 0 Å². The van der Waals surface area contributed by atoms with Crippen LogP contribution in [0.2, 0.25) is 0 Å². The molecule has 0 unspecified atom stereocenters. The zero-order chi connectivity index (χ0) is 9.82. The number of aliphatic hydroxyl groups excluding tert-OH is 2. The van der Waals surface area contributed by atoms with Gasteiger partial charge in [0.1, 0.15) is 0 Å². The lowest BCUT2D eigenvalue weighted by molar-refractivity contribution is -0.113. The molecule has 0 aliphatic heterocycles. The van der Waals surface area contributed by atoms with E-state index in [0.29, 0.717) is 13.2 Å². The van der Waals surface area contributed by atoms with Crippen LogP contribution in [-0.2, 0) is 9.53 Å². The van der Waals surface area contributed by atoms with Crippen molar-refractivity contribution in [3.8, 4) is 0 Å². The molecule has 0 aromatic carbocycles. The average molecular weight is 177 g/mol. The first-order valence-corrected chi connectivity index (χ1v) is 3.40. The average Bonchev–Trinajstić information content (AvgIpc) is 2.07. The summed E-state index contributed by atoms with van der Waals surface area (Å²) >= 11 is 0. The number of rotatable bonds is 5. The molecule has 1 amide bonds. The maximum absolute atomic E-state index is 9.47. The van der Waals surface area contributed by atoms with Gasteiger partial charge < -0.3 is 20.7 Å². The number of amides is 1. The molecule has 0 aliphatic carbocycles. The highest BCUT2D eigenvalue weighted by atomic mass is 16.5. The van der Waals surface area contributed by atoms with Crippen LogP contribution in [0.25, 0.3) is 0 Å². The molecule has 0 bridgehead atoms. The van der Waals surface area contributed by atoms with Crippen LogP contribution in [0, 0.1) is 0 Å². The van der Waals surface area contributed by atoms with Gasteiger partial charge in [-0.05, 0) is 6.08 Å². The second-order valence-corrected chi connectivity index (χ2v) is 1.67. The first-order valence-electron chi connectivity index (χ1n) is 3.40. The van der Waals surface area contributed by atoms with E-state index in [0.717, 1.165) is 6.08 Å². The summed E-state index contributed by atoms with van der Waals surface area (Å²) in [5.74, 6) is -0.481. The molecule has 0 rings (SSSR count). The smallest absolute Gasteiger partial charge is 0.240 e. The fraction of sp³-hybridized carbons (Fsp3) is 0.571. The van der Waals surface area contributed by atoms with Gasteiger partial charge in [0, 0.05) is 0 Å². The molecule has 12 heavy (non-hydrogen) atoms. The van der Waals surface area contributed by atoms with E-state index in [1.54, 1.807) is 0 Å². The van der Waals surface area contributed by atoms with Gasteiger partial charge in [-0.2, -0.15) is 0 Å². The Balaban J connectivity index is 0. The van der Waals surface area contributed by atoms with E-state index >= 15 is 0 Å². The predicted octanol–water partition coefficient (Wildman–Crippen LogP) is -1.35. The summed E-state index contributed by atoms with van der Waals surface area (Å²) in [6.45, 7) is 3.78. The largest absolute Gasteiger partial charge is 0.394 e. The van der Waals surface area contributed by atoms with Crippen LogP contribution in [-0.4, -0.2) is 42.5 Å². The summed E-state index contributed by atoms with van der Waals surface area (Å²) in [6.07, 6.45) is 1.06. The van der Waals surface area contributed by atoms with Crippen molar-refractivity contribution < 1.29 is 19.7 Å². The van der Waals surface area contributed by atoms with Crippen molar-refractivity contribution in [3.05, 3.63) is 12.7 Å². The Kier molecular flexibility index (Phi) is 14.5. The van der Waals surface area contributed by atoms with Crippen molar-refractivity contribution in [1.82, 2.24) is 0 Å². The Morgan fingerprint density at radius 2 is 1.75 bits per heavy atom. The molecule has 4 N–H and O–H groups in total. The molecule has 0 atom stereocenters. The van der Waals surface area contributed by atoms with Crippen molar-refractivity contribution in [2.24, 2.45) is 5.73 Å². The van der Waals surface area contributed by atoms with Crippen LogP contribution in [0.3, 0.4) is 0 Å². The van der Waals surface area contributed by atoms with Crippen molar-refractivity contribution in [2.75, 3.05) is 26.4 Å². The fourth-order valence-corrected chi connectivity index (χ4v) is 0.231. The first kappa shape index (κ1) is 13.7. The maximum atomic E-state index is 9.47. The highest BCUT2D eigenvalue weighted by Crippen LogP contribution is 1.68. The first-order chi connectivity index (χ1) is 5.68. The highest BCUT2D eigenvalue weighted by molar-refractivity contribution is 5.84. The van der Waals surface area contributed by atoms with Crippen LogP contribution >= 0.6 is 0 Å². The third-order valence-corrected chi connectivity index (χ3v) is 0.672. The minimum atomic E-state index is -0.481. The summed E-state index contributed by atoms with van der Waals surface area (Å²) in [5.41, 5.74) is 4.53. The minimum absolute atomic E-state index is 0.0278. The number of hydrogen-bond donors (Lipinski definition) is 3. The topological polar surface area (TPSA) is 92.8 Å². The summed E-state index contributed by atoms with van der Waals surface area (Å²) in [5, 5.41) is 16.2. The second-order valence-electron chi connectivity index (χ2n) is 1.67. The molecule has 0 radical (unpaired) electrons. The third kappa shape index (κ3) is 23.0. The lowest BCUT2D eigenvalue weighted by Gasteiger charge is -1.94. The highest BCUT2D eigenvalue weighted by Gasteiger charge is 1.79. The molecular formula is C7H15NO4. The van der Waals surface area contributed by atoms with Crippen LogP contribution in [0.5, 0.6) is 0 Å². The Morgan fingerprint density at radius 3 is 1.92 bits per heavy atom. The number of aliphatic hydroxyl groups is 2. The summed E-state index contributed by atoms with van der Waals surface area (Å²) in [6, 6.07) is 0. The van der Waals surface area contributed by atoms with Gasteiger partial charge in [-0.3, -0.25) is 4.79 Å². The van der Waals surface area contributed by atoms with Crippen molar-refractivity contribution >= 4 is 5.91 Å². The third-order valence-electron chi connectivity index (χ3n) is 0.672. The summed E-state index contributed by atoms with van der Waals surface area (Å²) in [4.78, 5) is 9.47. The second kappa shape index (κ2) is 12.7. The van der Waals surface area contributed by atoms with Crippen LogP contribution in [0.1, 0.15) is 0 Å². The fourth-order valence-electron chi connectivity index (χ4n) is 0.231. The molecule has 0 saturated heterocycles. The SMILES string of the molecule is C=CC(N)=O.OCCOCCO. The van der Waals surface area contributed by atoms with Crippen LogP contribution < -0.4 is 5.73 Å². The maximum Gasteiger partial charge on any atom is 0.240 e. The number of carbonyl (C=O) groups excluding carboxylic acids is 1. The molecule has 0 aliphatic rings. The van der Waals surface area contributed by atoms with Crippen LogP contribution in [0.15, 0.2) is 12.7 Å². The minimum Gasteiger partial charge on any atom is -0.394 e. The van der Waals surface area contributed by atoms with Gasteiger partial charge in [-0.1, -0.05) is 6.58 Å². The van der Waals surface area contributed by atoms with Gasteiger partial charge in [0.25, 0.3) is 0 Å². The Hall–Kier alpha value is -0.910. The predicted molar refractivity (Wildman–Crippen MR) is 44.4 cm³/mol. The van der Waals surface area contributed by atoms with E-state index in [1.165, 1.54) is 0 Å². The van der Waals surface area contributed by atoms with Gasteiger partial charge in [-0.15, -0.1) is 0 Å². The summed E-state index contributed by atoms with van der Waals surface area (Å²) in [7, 11) is 0. The van der Waals surface area contributed by atoms with E-state index in [4.69, 9.17) is 10.2 Å². The molecule has 0 fully saturated rings. The molecule has 0 heterocycles. The molecule has 0 saturated carbocycles. The van der Waals surface area contributed by atoms with Gasteiger partial charge >= 0.3 is 0 Å². The van der Waals surface area contributed by atoms with Gasteiger partial charge in [0.15, 0.2) is 0 Å². The summed E-state index contributed by atoms with van der Waals surface area (Å²) < 4.78 is 4.63. The molecule has 72 valence electrons. The van der Waals surface area contributed by atoms with E-state index < -0.39 is 5.91 Å². The van der Waals surface area contributed by atoms with E-state index in [-0.39, 0.29) is 13.2 Å². The standard InChI is InChI=1S/C4H10O3.C3H5NO/c5-1-3-7-4-2-6;1-2-3(4)5/h5-6H,1-4H2;2H,1H2,(H2,4,5). The molecule has 5 heteroatoms. The lowest BCUT2D eigenvalue weighted by Crippen LogP contribution is -2.04. The molecular weight excluding hydrogens is 162 g/mol. The number of nitrogens with two attached hydrogens (primary N) is 1. The molecule has 0 aromatic rings. The zero-order valence-electron chi connectivity index (χ0n) is 6.90. The molecule has 0 aromatic heterocycles. The molecule has 0 spiro atoms. The van der Waals surface area contributed by atoms with E-state index in [9.17, 15) is 4.79 Å². The Labute approximate surface area is 71.4 Å². The zero-order valence-corrected chi connectivity index (χ0v) is 6.90. The Morgan fingerprint density at radius 1 is 1.42 bits per heavy atom. The van der Waals surface area contributed by atoms with Gasteiger partial charge in [-0.25, -0.2) is 0 Å². The van der Waals surface area contributed by atoms with Crippen molar-refractivity contribution in [3.63, 3.8) is 0 Å². The number of ether oxygens (including phenoxy) is 1. The van der Waals surface area contributed by atoms with Crippen molar-refractivity contribution in [1.29, 1.82) is 0 Å². The quantitative estimate of drug-likeness (QED) is 0.357. The number of primary amides is 1. The monoisotopic (exact) mass is 177 g/mol. The molecule has 5 nitrogen and oxygen atoms in total.